The fourth-order valence-corrected chi connectivity index (χ4v) is 0.709. The molecule has 11 heavy (non-hydrogen) atoms. The van der Waals surface area contributed by atoms with Gasteiger partial charge in [0.2, 0.25) is 5.03 Å². The van der Waals surface area contributed by atoms with Gasteiger partial charge in [-0.1, -0.05) is 0 Å². The van der Waals surface area contributed by atoms with Crippen molar-refractivity contribution in [3.63, 3.8) is 0 Å². The van der Waals surface area contributed by atoms with Gasteiger partial charge in [-0.25, -0.2) is 4.98 Å². The van der Waals surface area contributed by atoms with Crippen LogP contribution in [0.2, 0.25) is 0 Å². The molecule has 0 aliphatic heterocycles. The third-order valence-electron chi connectivity index (χ3n) is 1.09. The Morgan fingerprint density at radius 2 is 1.91 bits per heavy atom. The van der Waals surface area contributed by atoms with Gasteiger partial charge in [-0.15, -0.1) is 0 Å². The number of pyridine rings is 1. The summed E-state index contributed by atoms with van der Waals surface area (Å²) in [6, 6.07) is 2.22. The smallest absolute Gasteiger partial charge is 0.210 e. The van der Waals surface area contributed by atoms with Crippen molar-refractivity contribution in [2.24, 2.45) is 0 Å². The zero-order valence-electron chi connectivity index (χ0n) is 5.31. The van der Waals surface area contributed by atoms with Gasteiger partial charge < -0.3 is 0 Å². The van der Waals surface area contributed by atoms with Gasteiger partial charge in [0, 0.05) is 24.9 Å². The molecule has 0 aromatic carbocycles. The van der Waals surface area contributed by atoms with E-state index in [1.807, 2.05) is 0 Å². The molecule has 1 nitrogen and oxygen atoms in total. The summed E-state index contributed by atoms with van der Waals surface area (Å²) in [7, 11) is 0. The molecule has 0 unspecified atom stereocenters. The Balaban J connectivity index is 2.99. The second-order valence-electron chi connectivity index (χ2n) is 1.93. The minimum absolute atomic E-state index is 0.387. The lowest BCUT2D eigenvalue weighted by atomic mass is 10.3. The predicted molar refractivity (Wildman–Crippen MR) is 37.7 cm³/mol. The Bertz CT molecular complexity index is 241. The van der Waals surface area contributed by atoms with E-state index in [1.54, 1.807) is 0 Å². The highest BCUT2D eigenvalue weighted by Gasteiger charge is 2.30. The first kappa shape index (κ1) is 8.39. The summed E-state index contributed by atoms with van der Waals surface area (Å²) in [5.41, 5.74) is -0.737. The lowest BCUT2D eigenvalue weighted by Crippen LogP contribution is -2.04. The normalized spacial score (nSPS) is 11.6. The van der Waals surface area contributed by atoms with E-state index in [4.69, 9.17) is 0 Å². The Hall–Kier alpha value is -0.710. The maximum absolute atomic E-state index is 11.9. The second-order valence-corrected chi connectivity index (χ2v) is 2.44. The van der Waals surface area contributed by atoms with Gasteiger partial charge in [0.1, 0.15) is 0 Å². The average molecular weight is 180 g/mol. The number of rotatable bonds is 0. The van der Waals surface area contributed by atoms with Crippen LogP contribution in [0.1, 0.15) is 5.56 Å². The first-order valence-electron chi connectivity index (χ1n) is 2.75. The van der Waals surface area contributed by atoms with Crippen LogP contribution in [0.5, 0.6) is 0 Å². The van der Waals surface area contributed by atoms with E-state index in [0.29, 0.717) is 5.03 Å². The molecule has 1 aromatic rings. The number of aromatic nitrogens is 1. The molecule has 0 radical (unpaired) electrons. The van der Waals surface area contributed by atoms with E-state index in [-0.39, 0.29) is 0 Å². The largest absolute Gasteiger partial charge is 0.417 e. The molecule has 0 spiro atoms. The molecule has 1 aromatic heterocycles. The molecule has 0 aliphatic rings. The number of halogens is 3. The van der Waals surface area contributed by atoms with Crippen molar-refractivity contribution in [3.8, 4) is 0 Å². The van der Waals surface area contributed by atoms with Gasteiger partial charge in [0.05, 0.1) is 5.56 Å². The van der Waals surface area contributed by atoms with E-state index < -0.39 is 11.7 Å². The Morgan fingerprint density at radius 1 is 1.27 bits per heavy atom. The predicted octanol–water partition coefficient (Wildman–Crippen LogP) is 1.47. The van der Waals surface area contributed by atoms with Crippen LogP contribution in [0.4, 0.5) is 13.2 Å². The molecule has 60 valence electrons. The van der Waals surface area contributed by atoms with Crippen molar-refractivity contribution in [2.45, 2.75) is 11.2 Å². The summed E-state index contributed by atoms with van der Waals surface area (Å²) in [4.78, 5) is 3.44. The first-order chi connectivity index (χ1) is 5.00. The van der Waals surface area contributed by atoms with E-state index in [1.165, 1.54) is 6.07 Å². The van der Waals surface area contributed by atoms with Gasteiger partial charge in [-0.2, -0.15) is 13.2 Å². The maximum Gasteiger partial charge on any atom is 0.417 e. The fourth-order valence-electron chi connectivity index (χ4n) is 0.562. The van der Waals surface area contributed by atoms with Crippen LogP contribution in [0.3, 0.4) is 0 Å². The molecule has 0 atom stereocenters. The highest BCUT2D eigenvalue weighted by molar-refractivity contribution is 7.58. The van der Waals surface area contributed by atoms with Gasteiger partial charge >= 0.3 is 6.18 Å². The SMILES string of the molecule is FC(F)(F)c1ccc([SH2+])nc1. The zero-order chi connectivity index (χ0) is 8.48. The molecule has 5 heteroatoms. The molecular weight excluding hydrogens is 175 g/mol. The van der Waals surface area contributed by atoms with Crippen molar-refractivity contribution in [1.29, 1.82) is 0 Å². The van der Waals surface area contributed by atoms with Crippen molar-refractivity contribution < 1.29 is 13.2 Å². The molecule has 1 heterocycles. The quantitative estimate of drug-likeness (QED) is 0.551. The molecule has 0 aliphatic carbocycles. The van der Waals surface area contributed by atoms with Gasteiger partial charge in [0.15, 0.2) is 0 Å². The van der Waals surface area contributed by atoms with E-state index in [9.17, 15) is 13.2 Å². The highest BCUT2D eigenvalue weighted by Crippen LogP contribution is 2.28. The Labute approximate surface area is 66.7 Å². The van der Waals surface area contributed by atoms with Crippen LogP contribution in [-0.4, -0.2) is 4.98 Å². The maximum atomic E-state index is 11.9. The number of hydrogen-bond acceptors (Lipinski definition) is 1. The molecular formula is C6H5F3NS+. The van der Waals surface area contributed by atoms with Crippen LogP contribution in [-0.2, 0) is 18.8 Å². The van der Waals surface area contributed by atoms with E-state index in [2.05, 4.69) is 17.6 Å². The summed E-state index contributed by atoms with van der Waals surface area (Å²) in [5, 5.41) is 0.387. The van der Waals surface area contributed by atoms with Crippen molar-refractivity contribution in [1.82, 2.24) is 4.98 Å². The van der Waals surface area contributed by atoms with Gasteiger partial charge in [-0.3, -0.25) is 0 Å². The minimum Gasteiger partial charge on any atom is -0.210 e. The molecule has 0 N–H and O–H groups in total. The molecule has 0 amide bonds. The van der Waals surface area contributed by atoms with Crippen LogP contribution < -0.4 is 0 Å². The van der Waals surface area contributed by atoms with Gasteiger partial charge in [-0.05, 0) is 6.07 Å². The molecule has 0 fully saturated rings. The Kier molecular flexibility index (Phi) is 2.08. The van der Waals surface area contributed by atoms with Gasteiger partial charge in [0.25, 0.3) is 0 Å². The summed E-state index contributed by atoms with van der Waals surface area (Å²) in [6.45, 7) is 0. The highest BCUT2D eigenvalue weighted by atomic mass is 32.1. The topological polar surface area (TPSA) is 12.9 Å². The molecule has 0 saturated carbocycles. The molecule has 1 rings (SSSR count). The average Bonchev–Trinajstić information content (AvgIpc) is 1.86. The summed E-state index contributed by atoms with van der Waals surface area (Å²) in [5.74, 6) is 0. The van der Waals surface area contributed by atoms with Crippen LogP contribution in [0.15, 0.2) is 23.4 Å². The summed E-state index contributed by atoms with van der Waals surface area (Å²) >= 11 is 2.98. The van der Waals surface area contributed by atoms with Crippen molar-refractivity contribution in [2.75, 3.05) is 0 Å². The second kappa shape index (κ2) is 2.73. The Morgan fingerprint density at radius 3 is 2.27 bits per heavy atom. The van der Waals surface area contributed by atoms with Crippen LogP contribution in [0.25, 0.3) is 0 Å². The van der Waals surface area contributed by atoms with Crippen molar-refractivity contribution >= 4 is 12.6 Å². The molecule has 0 saturated heterocycles. The third-order valence-corrected chi connectivity index (χ3v) is 1.39. The number of hydrogen-bond donors (Lipinski definition) is 0. The van der Waals surface area contributed by atoms with Crippen LogP contribution >= 0.6 is 0 Å². The number of alkyl halides is 3. The third kappa shape index (κ3) is 2.11. The van der Waals surface area contributed by atoms with Crippen molar-refractivity contribution in [3.05, 3.63) is 23.9 Å². The number of nitrogens with zero attached hydrogens (tertiary/aromatic N) is 1. The van der Waals surface area contributed by atoms with E-state index >= 15 is 0 Å². The summed E-state index contributed by atoms with van der Waals surface area (Å²) < 4.78 is 35.6. The lowest BCUT2D eigenvalue weighted by molar-refractivity contribution is -0.137. The minimum atomic E-state index is -4.30. The standard InChI is InChI=1S/C6H4F3NS/c7-6(8,9)4-1-2-5(11)10-3-4/h1-3H,(H,10,11)/p+1. The monoisotopic (exact) mass is 180 g/mol. The summed E-state index contributed by atoms with van der Waals surface area (Å²) in [6.07, 6.45) is -3.52. The fraction of sp³-hybridized carbons (Fsp3) is 0.167. The first-order valence-corrected chi connectivity index (χ1v) is 3.25. The van der Waals surface area contributed by atoms with Crippen LogP contribution in [0, 0.1) is 0 Å². The van der Waals surface area contributed by atoms with E-state index in [0.717, 1.165) is 12.3 Å². The lowest BCUT2D eigenvalue weighted by Gasteiger charge is -2.03. The zero-order valence-corrected chi connectivity index (χ0v) is 6.31. The molecule has 0 bridgehead atoms.